The van der Waals surface area contributed by atoms with Gasteiger partial charge in [-0.05, 0) is 46.7 Å². The Hall–Kier alpha value is -0.770. The third-order valence-electron chi connectivity index (χ3n) is 2.77. The summed E-state index contributed by atoms with van der Waals surface area (Å²) in [4.78, 5) is 6.94. The van der Waals surface area contributed by atoms with Crippen LogP contribution in [0.25, 0.3) is 0 Å². The molecule has 0 aromatic heterocycles. The summed E-state index contributed by atoms with van der Waals surface area (Å²) in [6, 6.07) is 0.635. The standard InChI is InChI=1S/C12H26N4/c1-10(2)14-12(13)15-11(3)9-16-7-5-4-6-8-16/h10-11H,4-9H2,1-3H3,(H3,13,14,15). The first kappa shape index (κ1) is 13.3. The number of nitrogens with two attached hydrogens (primary N) is 1. The predicted octanol–water partition coefficient (Wildman–Crippen LogP) is 1.17. The van der Waals surface area contributed by atoms with E-state index in [4.69, 9.17) is 5.73 Å². The van der Waals surface area contributed by atoms with E-state index < -0.39 is 0 Å². The Morgan fingerprint density at radius 3 is 2.44 bits per heavy atom. The molecule has 1 saturated heterocycles. The van der Waals surface area contributed by atoms with Crippen LogP contribution in [0.5, 0.6) is 0 Å². The maximum atomic E-state index is 5.80. The minimum atomic E-state index is 0.282. The first-order chi connectivity index (χ1) is 7.58. The van der Waals surface area contributed by atoms with Crippen molar-refractivity contribution in [3.8, 4) is 0 Å². The molecule has 1 aliphatic heterocycles. The molecule has 0 amide bonds. The normalized spacial score (nSPS) is 21.1. The van der Waals surface area contributed by atoms with Crippen LogP contribution < -0.4 is 11.1 Å². The minimum Gasteiger partial charge on any atom is -0.370 e. The van der Waals surface area contributed by atoms with Crippen LogP contribution in [0.2, 0.25) is 0 Å². The van der Waals surface area contributed by atoms with Crippen molar-refractivity contribution >= 4 is 5.96 Å². The van der Waals surface area contributed by atoms with Gasteiger partial charge < -0.3 is 16.0 Å². The van der Waals surface area contributed by atoms with Crippen molar-refractivity contribution < 1.29 is 0 Å². The van der Waals surface area contributed by atoms with Crippen LogP contribution in [0.4, 0.5) is 0 Å². The lowest BCUT2D eigenvalue weighted by atomic mass is 10.1. The van der Waals surface area contributed by atoms with E-state index >= 15 is 0 Å². The van der Waals surface area contributed by atoms with Gasteiger partial charge in [0.1, 0.15) is 0 Å². The van der Waals surface area contributed by atoms with Gasteiger partial charge in [0.15, 0.2) is 5.96 Å². The molecule has 0 aromatic rings. The number of likely N-dealkylation sites (tertiary alicyclic amines) is 1. The number of aliphatic imine (C=N–C) groups is 1. The maximum Gasteiger partial charge on any atom is 0.189 e. The van der Waals surface area contributed by atoms with Gasteiger partial charge in [0.05, 0.1) is 6.04 Å². The molecule has 94 valence electrons. The van der Waals surface area contributed by atoms with E-state index in [-0.39, 0.29) is 6.04 Å². The average molecular weight is 226 g/mol. The summed E-state index contributed by atoms with van der Waals surface area (Å²) in [7, 11) is 0. The van der Waals surface area contributed by atoms with Gasteiger partial charge in [-0.2, -0.15) is 0 Å². The fraction of sp³-hybridized carbons (Fsp3) is 0.917. The van der Waals surface area contributed by atoms with Gasteiger partial charge in [-0.15, -0.1) is 0 Å². The second-order valence-corrected chi connectivity index (χ2v) is 5.02. The first-order valence-electron chi connectivity index (χ1n) is 6.40. The number of hydrogen-bond donors (Lipinski definition) is 2. The Kier molecular flexibility index (Phi) is 5.60. The van der Waals surface area contributed by atoms with E-state index in [1.165, 1.54) is 32.4 Å². The topological polar surface area (TPSA) is 53.6 Å². The highest BCUT2D eigenvalue weighted by molar-refractivity contribution is 5.78. The number of rotatable bonds is 4. The number of piperidine rings is 1. The summed E-state index contributed by atoms with van der Waals surface area (Å²) >= 11 is 0. The highest BCUT2D eigenvalue weighted by Crippen LogP contribution is 2.09. The van der Waals surface area contributed by atoms with Gasteiger partial charge in [-0.1, -0.05) is 6.42 Å². The second kappa shape index (κ2) is 6.74. The summed E-state index contributed by atoms with van der Waals surface area (Å²) in [5.74, 6) is 0.569. The van der Waals surface area contributed by atoms with Gasteiger partial charge in [-0.25, -0.2) is 4.99 Å². The van der Waals surface area contributed by atoms with Gasteiger partial charge in [0.2, 0.25) is 0 Å². The molecule has 1 heterocycles. The van der Waals surface area contributed by atoms with Crippen LogP contribution in [0.3, 0.4) is 0 Å². The van der Waals surface area contributed by atoms with Crippen LogP contribution in [0.1, 0.15) is 40.0 Å². The van der Waals surface area contributed by atoms with E-state index in [1.54, 1.807) is 0 Å². The highest BCUT2D eigenvalue weighted by atomic mass is 15.2. The lowest BCUT2D eigenvalue weighted by Crippen LogP contribution is -2.40. The van der Waals surface area contributed by atoms with Gasteiger partial charge in [-0.3, -0.25) is 0 Å². The van der Waals surface area contributed by atoms with Crippen LogP contribution in [0.15, 0.2) is 4.99 Å². The van der Waals surface area contributed by atoms with E-state index in [1.807, 2.05) is 0 Å². The molecular formula is C12H26N4. The Balaban J connectivity index is 2.30. The van der Waals surface area contributed by atoms with Crippen LogP contribution >= 0.6 is 0 Å². The summed E-state index contributed by atoms with van der Waals surface area (Å²) in [5, 5.41) is 3.12. The highest BCUT2D eigenvalue weighted by Gasteiger charge is 2.12. The summed E-state index contributed by atoms with van der Waals surface area (Å²) < 4.78 is 0. The molecule has 0 spiro atoms. The second-order valence-electron chi connectivity index (χ2n) is 5.02. The van der Waals surface area contributed by atoms with Crippen molar-refractivity contribution in [3.05, 3.63) is 0 Å². The largest absolute Gasteiger partial charge is 0.370 e. The van der Waals surface area contributed by atoms with Crippen molar-refractivity contribution in [2.24, 2.45) is 10.7 Å². The molecule has 0 bridgehead atoms. The van der Waals surface area contributed by atoms with Gasteiger partial charge in [0, 0.05) is 12.6 Å². The lowest BCUT2D eigenvalue weighted by molar-refractivity contribution is 0.220. The molecule has 0 radical (unpaired) electrons. The van der Waals surface area contributed by atoms with Gasteiger partial charge in [0.25, 0.3) is 0 Å². The molecule has 1 rings (SSSR count). The molecule has 1 atom stereocenters. The first-order valence-corrected chi connectivity index (χ1v) is 6.40. The van der Waals surface area contributed by atoms with Crippen molar-refractivity contribution in [2.75, 3.05) is 19.6 Å². The Labute approximate surface area is 99.3 Å². The molecule has 3 N–H and O–H groups in total. The fourth-order valence-corrected chi connectivity index (χ4v) is 2.13. The third kappa shape index (κ3) is 5.35. The Bertz CT molecular complexity index is 219. The van der Waals surface area contributed by atoms with E-state index in [9.17, 15) is 0 Å². The summed E-state index contributed by atoms with van der Waals surface area (Å²) in [6.07, 6.45) is 4.04. The molecule has 1 unspecified atom stereocenters. The molecule has 0 aromatic carbocycles. The smallest absolute Gasteiger partial charge is 0.189 e. The van der Waals surface area contributed by atoms with E-state index in [2.05, 4.69) is 36.0 Å². The third-order valence-corrected chi connectivity index (χ3v) is 2.77. The molecule has 16 heavy (non-hydrogen) atoms. The predicted molar refractivity (Wildman–Crippen MR) is 69.6 cm³/mol. The van der Waals surface area contributed by atoms with Crippen molar-refractivity contribution in [2.45, 2.75) is 52.1 Å². The molecule has 0 saturated carbocycles. The van der Waals surface area contributed by atoms with E-state index in [0.717, 1.165) is 6.54 Å². The molecule has 1 fully saturated rings. The monoisotopic (exact) mass is 226 g/mol. The Morgan fingerprint density at radius 2 is 1.88 bits per heavy atom. The molecule has 0 aliphatic carbocycles. The molecule has 4 heteroatoms. The zero-order valence-corrected chi connectivity index (χ0v) is 10.9. The molecule has 1 aliphatic rings. The van der Waals surface area contributed by atoms with Crippen molar-refractivity contribution in [1.29, 1.82) is 0 Å². The van der Waals surface area contributed by atoms with Crippen molar-refractivity contribution in [3.63, 3.8) is 0 Å². The quantitative estimate of drug-likeness (QED) is 0.559. The lowest BCUT2D eigenvalue weighted by Gasteiger charge is -2.28. The molecular weight excluding hydrogens is 200 g/mol. The SMILES string of the molecule is CC(CN1CCCCC1)N=C(N)NC(C)C. The average Bonchev–Trinajstić information content (AvgIpc) is 2.17. The minimum absolute atomic E-state index is 0.282. The summed E-state index contributed by atoms with van der Waals surface area (Å²) in [5.41, 5.74) is 5.80. The van der Waals surface area contributed by atoms with Crippen LogP contribution in [-0.2, 0) is 0 Å². The number of nitrogens with one attached hydrogen (secondary N) is 1. The maximum absolute atomic E-state index is 5.80. The Morgan fingerprint density at radius 1 is 1.25 bits per heavy atom. The van der Waals surface area contributed by atoms with Gasteiger partial charge >= 0.3 is 0 Å². The number of hydrogen-bond acceptors (Lipinski definition) is 2. The summed E-state index contributed by atoms with van der Waals surface area (Å²) in [6.45, 7) is 9.73. The van der Waals surface area contributed by atoms with E-state index in [0.29, 0.717) is 12.0 Å². The van der Waals surface area contributed by atoms with Crippen molar-refractivity contribution in [1.82, 2.24) is 10.2 Å². The van der Waals surface area contributed by atoms with Crippen LogP contribution in [0, 0.1) is 0 Å². The molecule has 4 nitrogen and oxygen atoms in total. The number of guanidine groups is 1. The van der Waals surface area contributed by atoms with Crippen LogP contribution in [-0.4, -0.2) is 42.6 Å². The zero-order valence-electron chi connectivity index (χ0n) is 10.9. The number of nitrogens with zero attached hydrogens (tertiary/aromatic N) is 2. The fourth-order valence-electron chi connectivity index (χ4n) is 2.13. The zero-order chi connectivity index (χ0) is 12.0.